The lowest BCUT2D eigenvalue weighted by molar-refractivity contribution is 0.141. The van der Waals surface area contributed by atoms with Crippen LogP contribution in [0.1, 0.15) is 70.9 Å². The maximum Gasteiger partial charge on any atom is 0.194 e. The number of guanidine groups is 1. The Morgan fingerprint density at radius 3 is 2.76 bits per heavy atom. The topological polar surface area (TPSA) is 61.6 Å². The van der Waals surface area contributed by atoms with Gasteiger partial charge >= 0.3 is 0 Å². The van der Waals surface area contributed by atoms with Gasteiger partial charge in [-0.1, -0.05) is 27.2 Å². The Balaban J connectivity index is 1.73. The van der Waals surface area contributed by atoms with E-state index < -0.39 is 0 Å². The lowest BCUT2D eigenvalue weighted by atomic mass is 9.78. The number of hydrogen-bond donors (Lipinski definition) is 1. The van der Waals surface area contributed by atoms with E-state index in [-0.39, 0.29) is 0 Å². The number of rotatable bonds is 7. The Labute approximate surface area is 177 Å². The van der Waals surface area contributed by atoms with E-state index in [1.807, 2.05) is 18.5 Å². The summed E-state index contributed by atoms with van der Waals surface area (Å²) in [7, 11) is 2.02. The molecule has 3 heterocycles. The Morgan fingerprint density at radius 2 is 2.07 bits per heavy atom. The predicted octanol–water partition coefficient (Wildman–Crippen LogP) is 2.96. The minimum atomic E-state index is 0.389. The average Bonchev–Trinajstić information content (AvgIpc) is 3.29. The Kier molecular flexibility index (Phi) is 7.55. The molecule has 2 saturated heterocycles. The van der Waals surface area contributed by atoms with Gasteiger partial charge in [0.15, 0.2) is 11.8 Å². The second-order valence-electron chi connectivity index (χ2n) is 9.25. The summed E-state index contributed by atoms with van der Waals surface area (Å²) in [5.41, 5.74) is 0.389. The van der Waals surface area contributed by atoms with Gasteiger partial charge in [0.25, 0.3) is 0 Å². The zero-order valence-corrected chi connectivity index (χ0v) is 19.2. The van der Waals surface area contributed by atoms with Crippen LogP contribution in [0.3, 0.4) is 0 Å². The summed E-state index contributed by atoms with van der Waals surface area (Å²) < 4.78 is 2.04. The summed E-state index contributed by atoms with van der Waals surface area (Å²) in [5, 5.41) is 12.2. The lowest BCUT2D eigenvalue weighted by Gasteiger charge is -2.42. The fourth-order valence-corrected chi connectivity index (χ4v) is 5.06. The van der Waals surface area contributed by atoms with E-state index in [2.05, 4.69) is 46.1 Å². The van der Waals surface area contributed by atoms with Crippen LogP contribution in [0, 0.1) is 12.3 Å². The first kappa shape index (κ1) is 22.1. The zero-order valence-electron chi connectivity index (χ0n) is 19.2. The highest BCUT2D eigenvalue weighted by Gasteiger charge is 2.32. The Morgan fingerprint density at radius 1 is 1.24 bits per heavy atom. The molecule has 7 heteroatoms. The first-order valence-corrected chi connectivity index (χ1v) is 11.6. The molecule has 2 unspecified atom stereocenters. The summed E-state index contributed by atoms with van der Waals surface area (Å²) in [5.74, 6) is 2.91. The van der Waals surface area contributed by atoms with E-state index in [1.165, 1.54) is 45.1 Å². The highest BCUT2D eigenvalue weighted by molar-refractivity contribution is 5.80. The molecule has 0 radical (unpaired) electrons. The van der Waals surface area contributed by atoms with Gasteiger partial charge in [-0.15, -0.1) is 10.2 Å². The molecule has 3 rings (SSSR count). The lowest BCUT2D eigenvalue weighted by Crippen LogP contribution is -2.52. The molecule has 29 heavy (non-hydrogen) atoms. The van der Waals surface area contributed by atoms with Crippen molar-refractivity contribution in [3.63, 3.8) is 0 Å². The highest BCUT2D eigenvalue weighted by atomic mass is 15.3. The number of hydrogen-bond acceptors (Lipinski definition) is 4. The van der Waals surface area contributed by atoms with Crippen molar-refractivity contribution >= 4 is 5.96 Å². The van der Waals surface area contributed by atoms with Crippen LogP contribution in [0.5, 0.6) is 0 Å². The molecule has 2 fully saturated rings. The van der Waals surface area contributed by atoms with Crippen molar-refractivity contribution in [2.45, 2.75) is 78.8 Å². The van der Waals surface area contributed by atoms with Gasteiger partial charge in [0.05, 0.1) is 0 Å². The van der Waals surface area contributed by atoms with Gasteiger partial charge in [-0.05, 0) is 57.5 Å². The van der Waals surface area contributed by atoms with Gasteiger partial charge in [0.1, 0.15) is 12.4 Å². The number of likely N-dealkylation sites (N-methyl/N-ethyl adjacent to an activating group) is 1. The number of aryl methyl sites for hydroxylation is 1. The maximum absolute atomic E-state index is 5.02. The summed E-state index contributed by atoms with van der Waals surface area (Å²) >= 11 is 0. The highest BCUT2D eigenvalue weighted by Crippen LogP contribution is 2.34. The summed E-state index contributed by atoms with van der Waals surface area (Å²) in [6.45, 7) is 15.1. The Hall–Kier alpha value is -1.63. The molecule has 0 bridgehead atoms. The van der Waals surface area contributed by atoms with Gasteiger partial charge in [0.2, 0.25) is 0 Å². The van der Waals surface area contributed by atoms with Crippen molar-refractivity contribution in [3.05, 3.63) is 11.6 Å². The van der Waals surface area contributed by atoms with E-state index in [0.717, 1.165) is 43.8 Å². The third kappa shape index (κ3) is 5.50. The average molecular weight is 404 g/mol. The first-order chi connectivity index (χ1) is 14.0. The van der Waals surface area contributed by atoms with Gasteiger partial charge in [0, 0.05) is 32.7 Å². The molecule has 0 aromatic carbocycles. The summed E-state index contributed by atoms with van der Waals surface area (Å²) in [6, 6.07) is 0.620. The van der Waals surface area contributed by atoms with Gasteiger partial charge < -0.3 is 14.8 Å². The number of nitrogens with one attached hydrogen (secondary N) is 1. The molecule has 0 aliphatic carbocycles. The van der Waals surface area contributed by atoms with Crippen molar-refractivity contribution in [2.75, 3.05) is 32.7 Å². The number of aromatic nitrogens is 3. The molecular formula is C22H41N7. The van der Waals surface area contributed by atoms with Crippen LogP contribution in [0.15, 0.2) is 4.99 Å². The first-order valence-electron chi connectivity index (χ1n) is 11.6. The van der Waals surface area contributed by atoms with Gasteiger partial charge in [-0.25, -0.2) is 4.99 Å². The summed E-state index contributed by atoms with van der Waals surface area (Å²) in [6.07, 6.45) is 7.68. The molecule has 0 amide bonds. The van der Waals surface area contributed by atoms with Crippen molar-refractivity contribution in [1.82, 2.24) is 29.9 Å². The van der Waals surface area contributed by atoms with Crippen molar-refractivity contribution in [2.24, 2.45) is 17.5 Å². The van der Waals surface area contributed by atoms with Crippen LogP contribution in [0.25, 0.3) is 0 Å². The maximum atomic E-state index is 5.02. The monoisotopic (exact) mass is 403 g/mol. The van der Waals surface area contributed by atoms with E-state index in [9.17, 15) is 0 Å². The van der Waals surface area contributed by atoms with E-state index in [4.69, 9.17) is 4.99 Å². The van der Waals surface area contributed by atoms with E-state index in [1.54, 1.807) is 0 Å². The molecule has 1 N–H and O–H groups in total. The van der Waals surface area contributed by atoms with Crippen molar-refractivity contribution < 1.29 is 0 Å². The van der Waals surface area contributed by atoms with Crippen LogP contribution in [0.2, 0.25) is 0 Å². The fraction of sp³-hybridized carbons (Fsp3) is 0.864. The third-order valence-electron chi connectivity index (χ3n) is 6.89. The fourth-order valence-electron chi connectivity index (χ4n) is 5.06. The predicted molar refractivity (Wildman–Crippen MR) is 119 cm³/mol. The summed E-state index contributed by atoms with van der Waals surface area (Å²) in [4.78, 5) is 10.1. The smallest absolute Gasteiger partial charge is 0.194 e. The molecule has 2 atom stereocenters. The molecule has 0 saturated carbocycles. The number of nitrogens with zero attached hydrogens (tertiary/aromatic N) is 6. The van der Waals surface area contributed by atoms with E-state index in [0.29, 0.717) is 18.0 Å². The Bertz CT molecular complexity index is 679. The minimum Gasteiger partial charge on any atom is -0.355 e. The quantitative estimate of drug-likeness (QED) is 0.560. The molecule has 164 valence electrons. The molecule has 0 spiro atoms. The molecule has 7 nitrogen and oxygen atoms in total. The molecule has 1 aromatic rings. The minimum absolute atomic E-state index is 0.389. The molecule has 1 aromatic heterocycles. The van der Waals surface area contributed by atoms with Crippen LogP contribution in [-0.4, -0.2) is 69.3 Å². The van der Waals surface area contributed by atoms with Gasteiger partial charge in [-0.3, -0.25) is 4.90 Å². The third-order valence-corrected chi connectivity index (χ3v) is 6.89. The van der Waals surface area contributed by atoms with Crippen molar-refractivity contribution in [3.8, 4) is 0 Å². The van der Waals surface area contributed by atoms with E-state index >= 15 is 0 Å². The molecular weight excluding hydrogens is 362 g/mol. The largest absolute Gasteiger partial charge is 0.355 e. The SMILES string of the molecule is CCCC1(C)CCCN(C(=NCc2nnc(C)n2C)NCC2CCCN2CC)C1. The zero-order chi connectivity index (χ0) is 20.9. The number of likely N-dealkylation sites (tertiary alicyclic amines) is 2. The molecule has 2 aliphatic heterocycles. The second kappa shape index (κ2) is 9.92. The molecule has 2 aliphatic rings. The second-order valence-corrected chi connectivity index (χ2v) is 9.25. The van der Waals surface area contributed by atoms with Crippen LogP contribution < -0.4 is 5.32 Å². The van der Waals surface area contributed by atoms with Crippen LogP contribution in [-0.2, 0) is 13.6 Å². The van der Waals surface area contributed by atoms with Crippen LogP contribution >= 0.6 is 0 Å². The van der Waals surface area contributed by atoms with Gasteiger partial charge in [-0.2, -0.15) is 0 Å². The number of aliphatic imine (C=N–C) groups is 1. The van der Waals surface area contributed by atoms with Crippen molar-refractivity contribution in [1.29, 1.82) is 0 Å². The normalized spacial score (nSPS) is 26.3. The standard InChI is InChI=1S/C22H41N7/c1-6-11-22(4)12-9-14-29(17-22)21(23-15-19-10-8-13-28(19)7-2)24-16-20-26-25-18(3)27(20)5/h19H,6-17H2,1-5H3,(H,23,24). The number of piperidine rings is 1. The van der Waals surface area contributed by atoms with Crippen LogP contribution in [0.4, 0.5) is 0 Å².